The van der Waals surface area contributed by atoms with E-state index in [0.29, 0.717) is 17.4 Å². The molecule has 1 heterocycles. The number of hydrogen-bond acceptors (Lipinski definition) is 3. The van der Waals surface area contributed by atoms with Gasteiger partial charge < -0.3 is 9.47 Å². The Labute approximate surface area is 146 Å². The molecular formula is C19H21ClFNO2. The molecule has 0 radical (unpaired) electrons. The Kier molecular flexibility index (Phi) is 5.27. The van der Waals surface area contributed by atoms with Gasteiger partial charge >= 0.3 is 0 Å². The van der Waals surface area contributed by atoms with Crippen molar-refractivity contribution in [3.05, 3.63) is 59.4 Å². The molecule has 128 valence electrons. The number of halogens is 2. The molecule has 3 nitrogen and oxygen atoms in total. The van der Waals surface area contributed by atoms with E-state index in [9.17, 15) is 4.39 Å². The maximum Gasteiger partial charge on any atom is 0.123 e. The molecule has 0 bridgehead atoms. The van der Waals surface area contributed by atoms with Crippen molar-refractivity contribution in [1.82, 2.24) is 4.90 Å². The fraction of sp³-hybridized carbons (Fsp3) is 0.368. The molecule has 1 saturated heterocycles. The highest BCUT2D eigenvalue weighted by atomic mass is 35.5. The highest BCUT2D eigenvalue weighted by Gasteiger charge is 2.35. The van der Waals surface area contributed by atoms with Crippen molar-refractivity contribution >= 4 is 11.6 Å². The van der Waals surface area contributed by atoms with Crippen LogP contribution in [0.3, 0.4) is 0 Å². The van der Waals surface area contributed by atoms with E-state index in [-0.39, 0.29) is 11.4 Å². The van der Waals surface area contributed by atoms with Crippen molar-refractivity contribution < 1.29 is 13.9 Å². The number of ether oxygens (including phenoxy) is 2. The summed E-state index contributed by atoms with van der Waals surface area (Å²) in [5, 5.41) is 0.707. The van der Waals surface area contributed by atoms with Crippen LogP contribution in [-0.4, -0.2) is 36.7 Å². The molecule has 0 spiro atoms. The molecule has 0 saturated carbocycles. The second kappa shape index (κ2) is 7.41. The van der Waals surface area contributed by atoms with Crippen LogP contribution in [0.2, 0.25) is 5.02 Å². The number of hydrogen-bond donors (Lipinski definition) is 0. The van der Waals surface area contributed by atoms with Gasteiger partial charge in [-0.1, -0.05) is 11.6 Å². The van der Waals surface area contributed by atoms with E-state index in [1.165, 1.54) is 12.1 Å². The molecule has 0 N–H and O–H groups in total. The van der Waals surface area contributed by atoms with E-state index < -0.39 is 0 Å². The summed E-state index contributed by atoms with van der Waals surface area (Å²) in [6.45, 7) is 5.33. The summed E-state index contributed by atoms with van der Waals surface area (Å²) < 4.78 is 24.7. The van der Waals surface area contributed by atoms with Crippen LogP contribution < -0.4 is 9.47 Å². The molecule has 2 aromatic rings. The van der Waals surface area contributed by atoms with Crippen molar-refractivity contribution in [3.8, 4) is 11.5 Å². The van der Waals surface area contributed by atoms with Crippen LogP contribution in [0.4, 0.5) is 4.39 Å². The van der Waals surface area contributed by atoms with E-state index in [1.54, 1.807) is 12.1 Å². The van der Waals surface area contributed by atoms with Gasteiger partial charge in [-0.15, -0.1) is 0 Å². The van der Waals surface area contributed by atoms with E-state index in [1.807, 2.05) is 24.3 Å². The molecule has 2 aromatic carbocycles. The molecule has 1 aliphatic rings. The van der Waals surface area contributed by atoms with Crippen molar-refractivity contribution in [1.29, 1.82) is 0 Å². The van der Waals surface area contributed by atoms with Gasteiger partial charge in [0.25, 0.3) is 0 Å². The summed E-state index contributed by atoms with van der Waals surface area (Å²) in [7, 11) is 0. The SMILES string of the molecule is CC1(Oc2ccc(Cl)cc2)CCN(CCOc2ccc(F)cc2)C1. The average molecular weight is 350 g/mol. The molecule has 0 aliphatic carbocycles. The van der Waals surface area contributed by atoms with Gasteiger partial charge in [-0.25, -0.2) is 4.39 Å². The Balaban J connectivity index is 1.46. The van der Waals surface area contributed by atoms with Crippen LogP contribution in [0, 0.1) is 5.82 Å². The summed E-state index contributed by atoms with van der Waals surface area (Å²) in [6, 6.07) is 13.6. The fourth-order valence-corrected chi connectivity index (χ4v) is 3.04. The fourth-order valence-electron chi connectivity index (χ4n) is 2.91. The minimum Gasteiger partial charge on any atom is -0.492 e. The first kappa shape index (κ1) is 17.1. The van der Waals surface area contributed by atoms with Crippen molar-refractivity contribution in [2.75, 3.05) is 26.2 Å². The van der Waals surface area contributed by atoms with Gasteiger partial charge in [0.15, 0.2) is 0 Å². The summed E-state index contributed by atoms with van der Waals surface area (Å²) in [5.41, 5.74) is -0.205. The van der Waals surface area contributed by atoms with Gasteiger partial charge in [0.05, 0.1) is 0 Å². The van der Waals surface area contributed by atoms with E-state index in [4.69, 9.17) is 21.1 Å². The Bertz CT molecular complexity index is 662. The molecule has 0 amide bonds. The molecule has 1 atom stereocenters. The predicted molar refractivity (Wildman–Crippen MR) is 93.4 cm³/mol. The standard InChI is InChI=1S/C19H21ClFNO2/c1-19(24-18-6-2-15(20)3-7-18)10-11-22(14-19)12-13-23-17-8-4-16(21)5-9-17/h2-9H,10-14H2,1H3. The second-order valence-electron chi connectivity index (χ2n) is 6.33. The zero-order valence-corrected chi connectivity index (χ0v) is 14.4. The van der Waals surface area contributed by atoms with Crippen molar-refractivity contribution in [3.63, 3.8) is 0 Å². The zero-order chi connectivity index (χ0) is 17.0. The molecular weight excluding hydrogens is 329 g/mol. The van der Waals surface area contributed by atoms with E-state index in [2.05, 4.69) is 11.8 Å². The van der Waals surface area contributed by atoms with E-state index >= 15 is 0 Å². The third-order valence-electron chi connectivity index (χ3n) is 4.18. The number of nitrogens with zero attached hydrogens (tertiary/aromatic N) is 1. The first-order valence-electron chi connectivity index (χ1n) is 8.08. The molecule has 1 fully saturated rings. The topological polar surface area (TPSA) is 21.7 Å². The lowest BCUT2D eigenvalue weighted by atomic mass is 10.1. The third kappa shape index (κ3) is 4.62. The smallest absolute Gasteiger partial charge is 0.123 e. The largest absolute Gasteiger partial charge is 0.492 e. The van der Waals surface area contributed by atoms with Gasteiger partial charge in [0.1, 0.15) is 29.5 Å². The van der Waals surface area contributed by atoms with Crippen LogP contribution in [0.25, 0.3) is 0 Å². The van der Waals surface area contributed by atoms with Crippen molar-refractivity contribution in [2.24, 2.45) is 0 Å². The molecule has 1 unspecified atom stereocenters. The summed E-state index contributed by atoms with van der Waals surface area (Å²) in [6.07, 6.45) is 0.964. The van der Waals surface area contributed by atoms with Gasteiger partial charge in [0.2, 0.25) is 0 Å². The predicted octanol–water partition coefficient (Wildman–Crippen LogP) is 4.40. The average Bonchev–Trinajstić information content (AvgIpc) is 2.93. The normalized spacial score (nSPS) is 21.0. The lowest BCUT2D eigenvalue weighted by Crippen LogP contribution is -2.37. The third-order valence-corrected chi connectivity index (χ3v) is 4.43. The maximum absolute atomic E-state index is 12.9. The van der Waals surface area contributed by atoms with Gasteiger partial charge in [-0.2, -0.15) is 0 Å². The molecule has 3 rings (SSSR count). The lowest BCUT2D eigenvalue weighted by Gasteiger charge is -2.26. The van der Waals surface area contributed by atoms with Crippen LogP contribution in [0.1, 0.15) is 13.3 Å². The number of benzene rings is 2. The summed E-state index contributed by atoms with van der Waals surface area (Å²) in [4.78, 5) is 2.32. The maximum atomic E-state index is 12.9. The van der Waals surface area contributed by atoms with E-state index in [0.717, 1.165) is 31.8 Å². The molecule has 1 aliphatic heterocycles. The second-order valence-corrected chi connectivity index (χ2v) is 6.77. The summed E-state index contributed by atoms with van der Waals surface area (Å²) >= 11 is 5.90. The first-order chi connectivity index (χ1) is 11.5. The molecule has 24 heavy (non-hydrogen) atoms. The minimum absolute atomic E-state index is 0.205. The Morgan fingerprint density at radius 3 is 2.46 bits per heavy atom. The quantitative estimate of drug-likeness (QED) is 0.771. The van der Waals surface area contributed by atoms with Crippen LogP contribution in [0.5, 0.6) is 11.5 Å². The van der Waals surface area contributed by atoms with Crippen molar-refractivity contribution in [2.45, 2.75) is 18.9 Å². The highest BCUT2D eigenvalue weighted by Crippen LogP contribution is 2.28. The minimum atomic E-state index is -0.253. The van der Waals surface area contributed by atoms with Gasteiger partial charge in [0, 0.05) is 31.1 Å². The molecule has 0 aromatic heterocycles. The highest BCUT2D eigenvalue weighted by molar-refractivity contribution is 6.30. The first-order valence-corrected chi connectivity index (χ1v) is 8.46. The monoisotopic (exact) mass is 349 g/mol. The van der Waals surface area contributed by atoms with Gasteiger partial charge in [-0.05, 0) is 55.5 Å². The van der Waals surface area contributed by atoms with Crippen LogP contribution >= 0.6 is 11.6 Å². The molecule has 5 heteroatoms. The number of likely N-dealkylation sites (tertiary alicyclic amines) is 1. The Morgan fingerprint density at radius 2 is 1.75 bits per heavy atom. The Morgan fingerprint density at radius 1 is 1.08 bits per heavy atom. The zero-order valence-electron chi connectivity index (χ0n) is 13.7. The lowest BCUT2D eigenvalue weighted by molar-refractivity contribution is 0.0935. The van der Waals surface area contributed by atoms with Crippen LogP contribution in [-0.2, 0) is 0 Å². The number of rotatable bonds is 6. The van der Waals surface area contributed by atoms with Gasteiger partial charge in [-0.3, -0.25) is 4.90 Å². The Hall–Kier alpha value is -1.78. The summed E-state index contributed by atoms with van der Waals surface area (Å²) in [5.74, 6) is 1.28. The van der Waals surface area contributed by atoms with Crippen LogP contribution in [0.15, 0.2) is 48.5 Å².